The van der Waals surface area contributed by atoms with Gasteiger partial charge in [0.1, 0.15) is 0 Å². The first kappa shape index (κ1) is 74.2. The average molecular weight is 1120 g/mol. The van der Waals surface area contributed by atoms with Gasteiger partial charge < -0.3 is 85.3 Å². The molecule has 0 aromatic carbocycles. The molecule has 0 rings (SSSR count). The average Bonchev–Trinajstić information content (AvgIpc) is 3.37. The normalized spacial score (nSPS) is 14.8. The third-order valence-corrected chi connectivity index (χ3v) is 11.7. The summed E-state index contributed by atoms with van der Waals surface area (Å²) in [6.07, 6.45) is 2.72. The molecule has 23 heteroatoms. The predicted molar refractivity (Wildman–Crippen MR) is 280 cm³/mol. The summed E-state index contributed by atoms with van der Waals surface area (Å²) in [6, 6.07) is 0. The fourth-order valence-corrected chi connectivity index (χ4v) is 9.78. The number of hydrogen-bond acceptors (Lipinski definition) is 21. The smallest absolute Gasteiger partial charge is 0.361 e. The molecule has 452 valence electrons. The molecule has 1 unspecified atom stereocenters. The maximum atomic E-state index is 13.5. The molecular formula is C52H106O22S. The minimum absolute atomic E-state index is 0.0237. The van der Waals surface area contributed by atoms with E-state index in [0.717, 1.165) is 0 Å². The zero-order valence-electron chi connectivity index (χ0n) is 49.9. The first-order valence-electron chi connectivity index (χ1n) is 28.0. The van der Waals surface area contributed by atoms with Crippen LogP contribution in [0.15, 0.2) is 0 Å². The van der Waals surface area contributed by atoms with Crippen molar-refractivity contribution in [3.05, 3.63) is 0 Å². The van der Waals surface area contributed by atoms with Gasteiger partial charge in [0.15, 0.2) is 0 Å². The lowest BCUT2D eigenvalue weighted by atomic mass is 9.73. The predicted octanol–water partition coefficient (Wildman–Crippen LogP) is 9.05. The number of hydrogen-bond donors (Lipinski definition) is 1. The molecule has 0 aromatic rings. The summed E-state index contributed by atoms with van der Waals surface area (Å²) >= 11 is 0. The lowest BCUT2D eigenvalue weighted by molar-refractivity contribution is -0.630. The molecule has 0 amide bonds. The summed E-state index contributed by atoms with van der Waals surface area (Å²) < 4.78 is 172. The molecular weight excluding hydrogens is 1010 g/mol. The zero-order chi connectivity index (χ0) is 57.4. The molecule has 0 aliphatic carbocycles. The van der Waals surface area contributed by atoms with Gasteiger partial charge in [-0.25, -0.2) is 0 Å². The van der Waals surface area contributed by atoms with Crippen LogP contribution in [-0.4, -0.2) is 184 Å². The maximum Gasteiger partial charge on any atom is 0.402 e. The molecule has 75 heavy (non-hydrogen) atoms. The van der Waals surface area contributed by atoms with E-state index in [1.165, 1.54) is 13.8 Å². The molecule has 0 aliphatic heterocycles. The van der Waals surface area contributed by atoms with E-state index < -0.39 is 62.7 Å². The van der Waals surface area contributed by atoms with Crippen molar-refractivity contribution in [2.75, 3.05) is 119 Å². The fraction of sp³-hybridized carbons (Fsp3) is 1.00. The van der Waals surface area contributed by atoms with Gasteiger partial charge in [-0.3, -0.25) is 4.55 Å². The summed E-state index contributed by atoms with van der Waals surface area (Å²) in [7, 11) is -5.63. The first-order chi connectivity index (χ1) is 35.8. The van der Waals surface area contributed by atoms with E-state index in [0.29, 0.717) is 38.5 Å². The Morgan fingerprint density at radius 1 is 0.267 bits per heavy atom. The Morgan fingerprint density at radius 3 is 0.720 bits per heavy atom. The second-order valence-corrected chi connectivity index (χ2v) is 17.7. The van der Waals surface area contributed by atoms with E-state index in [9.17, 15) is 13.0 Å². The highest BCUT2D eigenvalue weighted by Gasteiger charge is 2.94. The Balaban J connectivity index is 11.6. The minimum Gasteiger partial charge on any atom is -0.361 e. The van der Waals surface area contributed by atoms with E-state index in [1.54, 1.807) is 76.2 Å². The van der Waals surface area contributed by atoms with Gasteiger partial charge in [-0.2, -0.15) is 12.6 Å². The first-order valence-corrected chi connectivity index (χ1v) is 29.4. The SMILES string of the molecule is CCCOC(OCCC)(OCCC)C(C)(OCCC)C(OCCC)(OCCC)C(OCC)(OCC)C(OCC)(OCC)C(OCC)(OCC)C(OCC)(OCC)C(OCC)(OCC)C(OCC)(OCC)OS(=O)(=O)O. The van der Waals surface area contributed by atoms with Crippen molar-refractivity contribution < 1.29 is 102 Å². The highest BCUT2D eigenvalue weighted by Crippen LogP contribution is 2.64. The van der Waals surface area contributed by atoms with Crippen LogP contribution >= 0.6 is 0 Å². The highest BCUT2D eigenvalue weighted by atomic mass is 32.3. The van der Waals surface area contributed by atoms with Crippen LogP contribution in [0, 0.1) is 0 Å². The van der Waals surface area contributed by atoms with Crippen molar-refractivity contribution in [3.8, 4) is 0 Å². The van der Waals surface area contributed by atoms with Crippen LogP contribution in [-0.2, 0) is 99.8 Å². The van der Waals surface area contributed by atoms with E-state index >= 15 is 0 Å². The lowest BCUT2D eigenvalue weighted by Gasteiger charge is -2.68. The molecule has 0 bridgehead atoms. The Hall–Kier alpha value is -0.850. The third kappa shape index (κ3) is 15.4. The Bertz CT molecular complexity index is 1490. The molecule has 0 heterocycles. The van der Waals surface area contributed by atoms with Crippen molar-refractivity contribution in [2.24, 2.45) is 0 Å². The van der Waals surface area contributed by atoms with Crippen LogP contribution in [0.3, 0.4) is 0 Å². The van der Waals surface area contributed by atoms with Gasteiger partial charge in [-0.05, 0) is 129 Å². The van der Waals surface area contributed by atoms with Crippen molar-refractivity contribution in [3.63, 3.8) is 0 Å². The molecule has 0 radical (unpaired) electrons. The van der Waals surface area contributed by atoms with Gasteiger partial charge in [0, 0.05) is 85.9 Å². The van der Waals surface area contributed by atoms with Gasteiger partial charge in [0.05, 0.1) is 33.0 Å². The van der Waals surface area contributed by atoms with E-state index in [4.69, 9.17) is 89.4 Å². The number of ether oxygens (including phenoxy) is 18. The minimum atomic E-state index is -5.63. The van der Waals surface area contributed by atoms with Crippen LogP contribution in [0.1, 0.15) is 170 Å². The van der Waals surface area contributed by atoms with E-state index in [-0.39, 0.29) is 119 Å². The van der Waals surface area contributed by atoms with E-state index in [1.807, 2.05) is 41.5 Å². The summed E-state index contributed by atoms with van der Waals surface area (Å²) in [5, 5.41) is 0. The summed E-state index contributed by atoms with van der Waals surface area (Å²) in [5.41, 5.74) is -2.22. The Labute approximate surface area is 452 Å². The van der Waals surface area contributed by atoms with Crippen LogP contribution in [0.4, 0.5) is 0 Å². The molecule has 0 aliphatic rings. The van der Waals surface area contributed by atoms with Crippen LogP contribution in [0.5, 0.6) is 0 Å². The summed E-state index contributed by atoms with van der Waals surface area (Å²) in [4.78, 5) is 0. The van der Waals surface area contributed by atoms with Gasteiger partial charge in [-0.1, -0.05) is 41.5 Å². The largest absolute Gasteiger partial charge is 0.402 e. The summed E-state index contributed by atoms with van der Waals surface area (Å²) in [6.45, 7) is 29.2. The topological polar surface area (TPSA) is 230 Å². The van der Waals surface area contributed by atoms with Gasteiger partial charge in [0.2, 0.25) is 5.60 Å². The van der Waals surface area contributed by atoms with Crippen molar-refractivity contribution in [1.82, 2.24) is 0 Å². The Kier molecular flexibility index (Phi) is 36.1. The van der Waals surface area contributed by atoms with Crippen molar-refractivity contribution in [2.45, 2.75) is 222 Å². The van der Waals surface area contributed by atoms with Gasteiger partial charge in [0.25, 0.3) is 28.9 Å². The van der Waals surface area contributed by atoms with Crippen LogP contribution in [0.2, 0.25) is 0 Å². The molecule has 0 saturated heterocycles. The maximum absolute atomic E-state index is 13.5. The monoisotopic (exact) mass is 1110 g/mol. The molecule has 0 saturated carbocycles. The van der Waals surface area contributed by atoms with E-state index in [2.05, 4.69) is 0 Å². The highest BCUT2D eigenvalue weighted by molar-refractivity contribution is 7.80. The van der Waals surface area contributed by atoms with Crippen LogP contribution < -0.4 is 0 Å². The van der Waals surface area contributed by atoms with Crippen molar-refractivity contribution in [1.29, 1.82) is 0 Å². The molecule has 0 aromatic heterocycles. The second kappa shape index (κ2) is 36.5. The van der Waals surface area contributed by atoms with Crippen LogP contribution in [0.25, 0.3) is 0 Å². The Morgan fingerprint density at radius 2 is 0.480 bits per heavy atom. The van der Waals surface area contributed by atoms with Crippen molar-refractivity contribution >= 4 is 10.4 Å². The number of rotatable bonds is 52. The molecule has 1 N–H and O–H groups in total. The molecule has 0 spiro atoms. The lowest BCUT2D eigenvalue weighted by Crippen LogP contribution is -2.94. The zero-order valence-corrected chi connectivity index (χ0v) is 50.7. The standard InChI is InChI=1S/C52H106O22S/c1-20-38-68-44(19,51(71-41-23-4,72-42-24-5)73-43-25-6)45(69-39-21-2,70-40-22-3)46(56-26-7,57-27-8)47(58-28-9,59-29-10)48(60-30-11,61-31-12)49(62-32-13,63-33-14)50(64-34-15,65-35-16)52(66-36-17,67-37-18)74-75(53,54)55/h20-43H2,1-19H3,(H,53,54,55). The second-order valence-electron chi connectivity index (χ2n) is 16.6. The van der Waals surface area contributed by atoms with Gasteiger partial charge >= 0.3 is 28.1 Å². The molecule has 1 atom stereocenters. The van der Waals surface area contributed by atoms with Gasteiger partial charge in [-0.15, -0.1) is 0 Å². The fourth-order valence-electron chi connectivity index (χ4n) is 9.30. The molecule has 22 nitrogen and oxygen atoms in total. The molecule has 0 fully saturated rings. The quantitative estimate of drug-likeness (QED) is 0.0442. The summed E-state index contributed by atoms with van der Waals surface area (Å²) in [5.74, 6) is -23.2. The third-order valence-electron chi connectivity index (χ3n) is 11.2.